The van der Waals surface area contributed by atoms with Gasteiger partial charge in [0.2, 0.25) is 5.91 Å². The van der Waals surface area contributed by atoms with E-state index in [0.29, 0.717) is 31.2 Å². The van der Waals surface area contributed by atoms with Gasteiger partial charge in [0.25, 0.3) is 0 Å². The number of hydrogen-bond donors (Lipinski definition) is 1. The molecule has 4 rings (SSSR count). The smallest absolute Gasteiger partial charge is 0.320 e. The molecule has 3 heterocycles. The first kappa shape index (κ1) is 23.2. The van der Waals surface area contributed by atoms with Crippen molar-refractivity contribution in [3.05, 3.63) is 5.56 Å². The number of unbranched alkanes of at least 4 members (excludes halogenated alkanes) is 2. The molecule has 178 valence electrons. The molecule has 1 aromatic rings. The van der Waals surface area contributed by atoms with Gasteiger partial charge in [-0.15, -0.1) is 0 Å². The number of anilines is 2. The Kier molecular flexibility index (Phi) is 8.19. The van der Waals surface area contributed by atoms with Crippen LogP contribution in [0.25, 0.3) is 0 Å². The summed E-state index contributed by atoms with van der Waals surface area (Å²) in [6, 6.07) is 1.11. The maximum Gasteiger partial charge on any atom is 0.320 e. The van der Waals surface area contributed by atoms with E-state index in [1.165, 1.54) is 58.3 Å². The second kappa shape index (κ2) is 11.3. The summed E-state index contributed by atoms with van der Waals surface area (Å²) in [5.74, 6) is 1.08. The number of nitrogen functional groups attached to an aromatic ring is 1. The molecule has 1 saturated carbocycles. The van der Waals surface area contributed by atoms with Crippen molar-refractivity contribution in [3.8, 4) is 6.01 Å². The summed E-state index contributed by atoms with van der Waals surface area (Å²) in [6.07, 6.45) is 11.4. The normalized spacial score (nSPS) is 20.7. The van der Waals surface area contributed by atoms with Gasteiger partial charge in [-0.2, -0.15) is 9.97 Å². The largest absolute Gasteiger partial charge is 0.463 e. The van der Waals surface area contributed by atoms with Gasteiger partial charge in [0.05, 0.1) is 13.0 Å². The fraction of sp³-hybridized carbons (Fsp3) is 0.792. The number of hydrogen-bond acceptors (Lipinski definition) is 7. The van der Waals surface area contributed by atoms with E-state index in [0.717, 1.165) is 43.8 Å². The lowest BCUT2D eigenvalue weighted by atomic mass is 9.94. The summed E-state index contributed by atoms with van der Waals surface area (Å²) >= 11 is 0. The minimum Gasteiger partial charge on any atom is -0.463 e. The van der Waals surface area contributed by atoms with Gasteiger partial charge in [-0.25, -0.2) is 0 Å². The van der Waals surface area contributed by atoms with E-state index >= 15 is 0 Å². The first-order valence-corrected chi connectivity index (χ1v) is 12.7. The van der Waals surface area contributed by atoms with Crippen molar-refractivity contribution in [2.75, 3.05) is 56.5 Å². The highest BCUT2D eigenvalue weighted by molar-refractivity contribution is 6.01. The molecule has 2 fully saturated rings. The third-order valence-electron chi connectivity index (χ3n) is 7.21. The number of nitrogens with zero attached hydrogens (tertiary/aromatic N) is 5. The van der Waals surface area contributed by atoms with Crippen LogP contribution in [0, 0.1) is 0 Å². The summed E-state index contributed by atoms with van der Waals surface area (Å²) in [4.78, 5) is 28.4. The highest BCUT2D eigenvalue weighted by atomic mass is 16.5. The Morgan fingerprint density at radius 2 is 1.75 bits per heavy atom. The van der Waals surface area contributed by atoms with Crippen LogP contribution in [0.3, 0.4) is 0 Å². The molecule has 0 aromatic carbocycles. The van der Waals surface area contributed by atoms with Crippen LogP contribution in [0.5, 0.6) is 6.01 Å². The molecule has 0 unspecified atom stereocenters. The van der Waals surface area contributed by atoms with E-state index in [-0.39, 0.29) is 11.9 Å². The van der Waals surface area contributed by atoms with Crippen molar-refractivity contribution < 1.29 is 9.53 Å². The van der Waals surface area contributed by atoms with Gasteiger partial charge in [0.15, 0.2) is 0 Å². The van der Waals surface area contributed by atoms with Crippen LogP contribution in [0.4, 0.5) is 11.6 Å². The SMILES string of the molecule is CCCCOc1nc(N)c2c(n1)N(CCCCN1CCN(C3CCCCC3)CC1)C(=O)C2. The summed E-state index contributed by atoms with van der Waals surface area (Å²) in [7, 11) is 0. The lowest BCUT2D eigenvalue weighted by molar-refractivity contribution is -0.117. The molecule has 0 spiro atoms. The predicted octanol–water partition coefficient (Wildman–Crippen LogP) is 2.86. The Morgan fingerprint density at radius 3 is 2.50 bits per heavy atom. The zero-order chi connectivity index (χ0) is 22.3. The first-order valence-electron chi connectivity index (χ1n) is 12.7. The van der Waals surface area contributed by atoms with Gasteiger partial charge in [0, 0.05) is 44.3 Å². The molecule has 0 atom stereocenters. The summed E-state index contributed by atoms with van der Waals surface area (Å²) in [5, 5.41) is 0. The Bertz CT molecular complexity index is 759. The molecule has 1 amide bonds. The molecule has 8 nitrogen and oxygen atoms in total. The Labute approximate surface area is 192 Å². The first-order chi connectivity index (χ1) is 15.7. The van der Waals surface area contributed by atoms with Crippen LogP contribution in [0.1, 0.15) is 70.3 Å². The predicted molar refractivity (Wildman–Crippen MR) is 127 cm³/mol. The molecule has 8 heteroatoms. The third kappa shape index (κ3) is 5.70. The number of carbonyl (C=O) groups excluding carboxylic acids is 1. The van der Waals surface area contributed by atoms with E-state index in [4.69, 9.17) is 10.5 Å². The third-order valence-corrected chi connectivity index (χ3v) is 7.21. The van der Waals surface area contributed by atoms with Crippen molar-refractivity contribution in [1.29, 1.82) is 0 Å². The van der Waals surface area contributed by atoms with E-state index in [9.17, 15) is 4.79 Å². The van der Waals surface area contributed by atoms with Crippen LogP contribution >= 0.6 is 0 Å². The fourth-order valence-electron chi connectivity index (χ4n) is 5.23. The second-order valence-corrected chi connectivity index (χ2v) is 9.49. The van der Waals surface area contributed by atoms with Crippen molar-refractivity contribution in [2.24, 2.45) is 0 Å². The van der Waals surface area contributed by atoms with Crippen molar-refractivity contribution >= 4 is 17.5 Å². The van der Waals surface area contributed by atoms with Crippen molar-refractivity contribution in [1.82, 2.24) is 19.8 Å². The van der Waals surface area contributed by atoms with E-state index in [2.05, 4.69) is 26.7 Å². The number of aromatic nitrogens is 2. The number of ether oxygens (including phenoxy) is 1. The summed E-state index contributed by atoms with van der Waals surface area (Å²) in [6.45, 7) is 9.21. The van der Waals surface area contributed by atoms with Gasteiger partial charge < -0.3 is 15.4 Å². The Morgan fingerprint density at radius 1 is 1.00 bits per heavy atom. The van der Waals surface area contributed by atoms with Gasteiger partial charge in [-0.1, -0.05) is 32.6 Å². The molecule has 1 aromatic heterocycles. The molecular formula is C24H40N6O2. The highest BCUT2D eigenvalue weighted by Gasteiger charge is 2.32. The van der Waals surface area contributed by atoms with Crippen LogP contribution < -0.4 is 15.4 Å². The molecule has 3 aliphatic rings. The average molecular weight is 445 g/mol. The highest BCUT2D eigenvalue weighted by Crippen LogP contribution is 2.32. The number of fused-ring (bicyclic) bond motifs is 1. The maximum atomic E-state index is 12.6. The molecule has 0 radical (unpaired) electrons. The van der Waals surface area contributed by atoms with Gasteiger partial charge in [0.1, 0.15) is 11.6 Å². The van der Waals surface area contributed by atoms with Crippen LogP contribution in [-0.4, -0.2) is 77.6 Å². The molecular weight excluding hydrogens is 404 g/mol. The summed E-state index contributed by atoms with van der Waals surface area (Å²) in [5.41, 5.74) is 6.85. The molecule has 1 saturated heterocycles. The van der Waals surface area contributed by atoms with Gasteiger partial charge >= 0.3 is 6.01 Å². The van der Waals surface area contributed by atoms with Gasteiger partial charge in [-0.3, -0.25) is 14.6 Å². The number of piperazine rings is 1. The fourth-order valence-corrected chi connectivity index (χ4v) is 5.23. The maximum absolute atomic E-state index is 12.6. The monoisotopic (exact) mass is 444 g/mol. The van der Waals surface area contributed by atoms with Gasteiger partial charge in [-0.05, 0) is 38.6 Å². The standard InChI is InChI=1S/C24H40N6O2/c1-2-3-17-32-24-26-22(25)20-18-21(31)30(23(20)27-24)12-8-7-11-28-13-15-29(16-14-28)19-9-5-4-6-10-19/h19H,2-18H2,1H3,(H2,25,26,27). The van der Waals surface area contributed by atoms with E-state index in [1.807, 2.05) is 0 Å². The quantitative estimate of drug-likeness (QED) is 0.555. The van der Waals surface area contributed by atoms with Crippen LogP contribution in [0.2, 0.25) is 0 Å². The molecule has 1 aliphatic carbocycles. The zero-order valence-corrected chi connectivity index (χ0v) is 19.7. The molecule has 32 heavy (non-hydrogen) atoms. The average Bonchev–Trinajstić information content (AvgIpc) is 3.14. The van der Waals surface area contributed by atoms with Crippen molar-refractivity contribution in [2.45, 2.75) is 77.2 Å². The lowest BCUT2D eigenvalue weighted by Crippen LogP contribution is -2.50. The van der Waals surface area contributed by atoms with Crippen LogP contribution in [-0.2, 0) is 11.2 Å². The zero-order valence-electron chi connectivity index (χ0n) is 19.7. The van der Waals surface area contributed by atoms with E-state index in [1.54, 1.807) is 4.90 Å². The number of amides is 1. The lowest BCUT2D eigenvalue weighted by Gasteiger charge is -2.40. The summed E-state index contributed by atoms with van der Waals surface area (Å²) < 4.78 is 5.64. The topological polar surface area (TPSA) is 87.8 Å². The minimum absolute atomic E-state index is 0.0628. The number of carbonyl (C=O) groups is 1. The van der Waals surface area contributed by atoms with Crippen LogP contribution in [0.15, 0.2) is 0 Å². The Balaban J connectivity index is 1.21. The molecule has 0 bridgehead atoms. The number of nitrogens with two attached hydrogens (primary N) is 1. The minimum atomic E-state index is 0.0628. The second-order valence-electron chi connectivity index (χ2n) is 9.49. The molecule has 2 aliphatic heterocycles. The number of rotatable bonds is 10. The van der Waals surface area contributed by atoms with Crippen molar-refractivity contribution in [3.63, 3.8) is 0 Å². The van der Waals surface area contributed by atoms with E-state index < -0.39 is 0 Å². The molecule has 2 N–H and O–H groups in total. The Hall–Kier alpha value is -1.93.